The van der Waals surface area contributed by atoms with Gasteiger partial charge >= 0.3 is 0 Å². The molecule has 1 saturated carbocycles. The molecule has 24 heavy (non-hydrogen) atoms. The minimum atomic E-state index is -0.113. The predicted molar refractivity (Wildman–Crippen MR) is 96.7 cm³/mol. The molecule has 0 radical (unpaired) electrons. The normalized spacial score (nSPS) is 17.3. The van der Waals surface area contributed by atoms with Gasteiger partial charge in [0.25, 0.3) is 5.91 Å². The van der Waals surface area contributed by atoms with E-state index in [0.29, 0.717) is 22.8 Å². The van der Waals surface area contributed by atoms with Crippen molar-refractivity contribution in [2.75, 3.05) is 20.6 Å². The highest BCUT2D eigenvalue weighted by Crippen LogP contribution is 2.34. The summed E-state index contributed by atoms with van der Waals surface area (Å²) in [5.41, 5.74) is 1.37. The van der Waals surface area contributed by atoms with E-state index >= 15 is 0 Å². The first-order chi connectivity index (χ1) is 11.5. The van der Waals surface area contributed by atoms with E-state index in [1.807, 2.05) is 0 Å². The Morgan fingerprint density at radius 1 is 1.38 bits per heavy atom. The Morgan fingerprint density at radius 2 is 2.12 bits per heavy atom. The third-order valence-electron chi connectivity index (χ3n) is 5.31. The minimum Gasteiger partial charge on any atom is -0.352 e. The van der Waals surface area contributed by atoms with Gasteiger partial charge in [-0.25, -0.2) is 4.98 Å². The van der Waals surface area contributed by atoms with Crippen LogP contribution in [0.25, 0.3) is 5.65 Å². The molecule has 0 atom stereocenters. The van der Waals surface area contributed by atoms with Crippen molar-refractivity contribution in [2.45, 2.75) is 44.1 Å². The summed E-state index contributed by atoms with van der Waals surface area (Å²) in [6.45, 7) is 0.663. The maximum Gasteiger partial charge on any atom is 0.255 e. The smallest absolute Gasteiger partial charge is 0.255 e. The summed E-state index contributed by atoms with van der Waals surface area (Å²) < 4.78 is 1.78. The zero-order valence-electron chi connectivity index (χ0n) is 14.4. The Bertz CT molecular complexity index is 719. The number of imidazole rings is 1. The first kappa shape index (κ1) is 17.2. The number of aromatic nitrogens is 2. The number of amides is 1. The molecule has 1 amide bonds. The highest BCUT2D eigenvalue weighted by Gasteiger charge is 2.33. The Kier molecular flexibility index (Phi) is 5.11. The van der Waals surface area contributed by atoms with Crippen LogP contribution in [0.4, 0.5) is 0 Å². The third kappa shape index (κ3) is 3.42. The lowest BCUT2D eigenvalue weighted by molar-refractivity contribution is 0.0836. The summed E-state index contributed by atoms with van der Waals surface area (Å²) >= 11 is 6.11. The lowest BCUT2D eigenvalue weighted by Gasteiger charge is -2.43. The summed E-state index contributed by atoms with van der Waals surface area (Å²) in [7, 11) is 4.30. The third-order valence-corrected chi connectivity index (χ3v) is 5.51. The summed E-state index contributed by atoms with van der Waals surface area (Å²) in [5, 5.41) is 3.59. The first-order valence-corrected chi connectivity index (χ1v) is 8.97. The van der Waals surface area contributed by atoms with Crippen molar-refractivity contribution in [2.24, 2.45) is 0 Å². The topological polar surface area (TPSA) is 49.6 Å². The Labute approximate surface area is 148 Å². The molecule has 6 heteroatoms. The highest BCUT2D eigenvalue weighted by atomic mass is 35.5. The van der Waals surface area contributed by atoms with Gasteiger partial charge in [-0.05, 0) is 39.4 Å². The Hall–Kier alpha value is -1.59. The van der Waals surface area contributed by atoms with E-state index in [1.165, 1.54) is 32.1 Å². The molecule has 0 aliphatic heterocycles. The van der Waals surface area contributed by atoms with E-state index in [-0.39, 0.29) is 11.4 Å². The molecule has 1 fully saturated rings. The van der Waals surface area contributed by atoms with E-state index in [2.05, 4.69) is 29.3 Å². The molecule has 5 nitrogen and oxygen atoms in total. The van der Waals surface area contributed by atoms with Crippen LogP contribution in [0, 0.1) is 0 Å². The molecule has 1 aliphatic carbocycles. The predicted octanol–water partition coefficient (Wildman–Crippen LogP) is 3.37. The quantitative estimate of drug-likeness (QED) is 0.901. The van der Waals surface area contributed by atoms with Crippen LogP contribution in [0.1, 0.15) is 48.9 Å². The van der Waals surface area contributed by atoms with E-state index in [4.69, 9.17) is 11.6 Å². The Balaban J connectivity index is 1.67. The van der Waals surface area contributed by atoms with Gasteiger partial charge in [-0.1, -0.05) is 30.9 Å². The number of halogens is 1. The van der Waals surface area contributed by atoms with Gasteiger partial charge in [-0.2, -0.15) is 0 Å². The average molecular weight is 349 g/mol. The Morgan fingerprint density at radius 3 is 2.83 bits per heavy atom. The second-order valence-corrected chi connectivity index (χ2v) is 7.35. The molecular formula is C18H25ClN4O. The number of carbonyl (C=O) groups is 1. The van der Waals surface area contributed by atoms with Crippen molar-refractivity contribution < 1.29 is 4.79 Å². The second-order valence-electron chi connectivity index (χ2n) is 6.92. The molecule has 0 saturated heterocycles. The molecule has 3 rings (SSSR count). The van der Waals surface area contributed by atoms with Gasteiger partial charge < -0.3 is 14.6 Å². The molecule has 2 heterocycles. The maximum absolute atomic E-state index is 12.6. The molecule has 0 unspecified atom stereocenters. The SMILES string of the molecule is CN(C)C1(CCNC(=O)c2cc(Cl)cn3ccnc23)CCCCC1. The summed E-state index contributed by atoms with van der Waals surface area (Å²) in [5.74, 6) is -0.113. The molecule has 2 aromatic rings. The fraction of sp³-hybridized carbons (Fsp3) is 0.556. The van der Waals surface area contributed by atoms with Crippen LogP contribution in [-0.2, 0) is 0 Å². The number of hydrogen-bond donors (Lipinski definition) is 1. The maximum atomic E-state index is 12.6. The molecular weight excluding hydrogens is 324 g/mol. The van der Waals surface area contributed by atoms with E-state index in [0.717, 1.165) is 6.42 Å². The molecule has 1 N–H and O–H groups in total. The summed E-state index contributed by atoms with van der Waals surface area (Å²) in [6.07, 6.45) is 12.5. The standard InChI is InChI=1S/C18H25ClN4O/c1-22(2)18(6-4-3-5-7-18)8-9-21-17(24)15-12-14(19)13-23-11-10-20-16(15)23/h10-13H,3-9H2,1-2H3,(H,21,24). The van der Waals surface area contributed by atoms with Gasteiger partial charge in [0, 0.05) is 30.7 Å². The minimum absolute atomic E-state index is 0.113. The van der Waals surface area contributed by atoms with Crippen molar-refractivity contribution in [3.63, 3.8) is 0 Å². The molecule has 0 aromatic carbocycles. The van der Waals surface area contributed by atoms with Gasteiger partial charge in [-0.3, -0.25) is 4.79 Å². The molecule has 0 spiro atoms. The number of nitrogens with zero attached hydrogens (tertiary/aromatic N) is 3. The highest BCUT2D eigenvalue weighted by molar-refractivity contribution is 6.31. The number of nitrogens with one attached hydrogen (secondary N) is 1. The number of pyridine rings is 1. The van der Waals surface area contributed by atoms with E-state index < -0.39 is 0 Å². The first-order valence-electron chi connectivity index (χ1n) is 8.60. The molecule has 1 aliphatic rings. The van der Waals surface area contributed by atoms with Crippen LogP contribution in [0.5, 0.6) is 0 Å². The van der Waals surface area contributed by atoms with Crippen LogP contribution in [0.3, 0.4) is 0 Å². The van der Waals surface area contributed by atoms with Crippen LogP contribution in [0.15, 0.2) is 24.7 Å². The van der Waals surface area contributed by atoms with Crippen LogP contribution in [-0.4, -0.2) is 46.4 Å². The largest absolute Gasteiger partial charge is 0.352 e. The lowest BCUT2D eigenvalue weighted by atomic mass is 9.78. The van der Waals surface area contributed by atoms with Crippen molar-refractivity contribution >= 4 is 23.2 Å². The van der Waals surface area contributed by atoms with Gasteiger partial charge in [0.05, 0.1) is 10.6 Å². The van der Waals surface area contributed by atoms with E-state index in [9.17, 15) is 4.79 Å². The zero-order chi connectivity index (χ0) is 17.2. The number of fused-ring (bicyclic) bond motifs is 1. The van der Waals surface area contributed by atoms with Gasteiger partial charge in [0.15, 0.2) is 0 Å². The van der Waals surface area contributed by atoms with E-state index in [1.54, 1.807) is 29.1 Å². The number of hydrogen-bond acceptors (Lipinski definition) is 3. The molecule has 0 bridgehead atoms. The second kappa shape index (κ2) is 7.11. The van der Waals surface area contributed by atoms with Gasteiger partial charge in [-0.15, -0.1) is 0 Å². The van der Waals surface area contributed by atoms with Crippen molar-refractivity contribution in [3.05, 3.63) is 35.2 Å². The summed E-state index contributed by atoms with van der Waals surface area (Å²) in [6, 6.07) is 1.68. The number of rotatable bonds is 5. The monoisotopic (exact) mass is 348 g/mol. The molecule has 130 valence electrons. The van der Waals surface area contributed by atoms with Crippen molar-refractivity contribution in [1.82, 2.24) is 19.6 Å². The van der Waals surface area contributed by atoms with Crippen molar-refractivity contribution in [1.29, 1.82) is 0 Å². The molecule has 2 aromatic heterocycles. The van der Waals surface area contributed by atoms with Gasteiger partial charge in [0.2, 0.25) is 0 Å². The zero-order valence-corrected chi connectivity index (χ0v) is 15.1. The van der Waals surface area contributed by atoms with Crippen LogP contribution >= 0.6 is 11.6 Å². The summed E-state index contributed by atoms with van der Waals surface area (Å²) in [4.78, 5) is 19.2. The fourth-order valence-electron chi connectivity index (χ4n) is 3.80. The fourth-order valence-corrected chi connectivity index (χ4v) is 4.01. The average Bonchev–Trinajstić information content (AvgIpc) is 3.02. The lowest BCUT2D eigenvalue weighted by Crippen LogP contribution is -2.48. The van der Waals surface area contributed by atoms with Crippen LogP contribution < -0.4 is 5.32 Å². The number of carbonyl (C=O) groups excluding carboxylic acids is 1. The van der Waals surface area contributed by atoms with Crippen LogP contribution in [0.2, 0.25) is 5.02 Å². The van der Waals surface area contributed by atoms with Crippen molar-refractivity contribution in [3.8, 4) is 0 Å². The van der Waals surface area contributed by atoms with Gasteiger partial charge in [0.1, 0.15) is 5.65 Å².